The Kier molecular flexibility index (Phi) is 6.09. The Morgan fingerprint density at radius 1 is 1.12 bits per heavy atom. The number of benzene rings is 2. The molecule has 5 nitrogen and oxygen atoms in total. The van der Waals surface area contributed by atoms with Gasteiger partial charge in [0.05, 0.1) is 12.6 Å². The zero-order valence-corrected chi connectivity index (χ0v) is 20.1. The Morgan fingerprint density at radius 3 is 2.64 bits per heavy atom. The molecule has 0 aromatic heterocycles. The van der Waals surface area contributed by atoms with Crippen LogP contribution >= 0.6 is 0 Å². The second-order valence-corrected chi connectivity index (χ2v) is 10.5. The molecule has 3 saturated heterocycles. The van der Waals surface area contributed by atoms with Gasteiger partial charge in [-0.2, -0.15) is 0 Å². The minimum absolute atomic E-state index is 0.0265. The fourth-order valence-electron chi connectivity index (χ4n) is 5.84. The van der Waals surface area contributed by atoms with E-state index in [2.05, 4.69) is 54.4 Å². The maximum Gasteiger partial charge on any atom is 0.407 e. The van der Waals surface area contributed by atoms with E-state index in [1.807, 2.05) is 19.1 Å². The van der Waals surface area contributed by atoms with Gasteiger partial charge in [-0.3, -0.25) is 4.90 Å². The predicted octanol–water partition coefficient (Wildman–Crippen LogP) is 5.59. The van der Waals surface area contributed by atoms with E-state index in [4.69, 9.17) is 9.47 Å². The minimum atomic E-state index is -0.270. The molecule has 2 aromatic carbocycles. The topological polar surface area (TPSA) is 50.8 Å². The molecular weight excluding hydrogens is 412 g/mol. The molecule has 3 fully saturated rings. The molecule has 0 spiro atoms. The van der Waals surface area contributed by atoms with E-state index in [1.165, 1.54) is 16.7 Å². The minimum Gasteiger partial charge on any atom is -0.494 e. The summed E-state index contributed by atoms with van der Waals surface area (Å²) in [5.41, 5.74) is 4.82. The maximum absolute atomic E-state index is 13.0. The van der Waals surface area contributed by atoms with Crippen molar-refractivity contribution in [1.29, 1.82) is 0 Å². The van der Waals surface area contributed by atoms with Gasteiger partial charge in [-0.1, -0.05) is 44.2 Å². The number of carbonyl (C=O) groups is 1. The van der Waals surface area contributed by atoms with Gasteiger partial charge in [0.25, 0.3) is 0 Å². The second-order valence-electron chi connectivity index (χ2n) is 10.5. The Bertz CT molecular complexity index is 1010. The monoisotopic (exact) mass is 448 g/mol. The van der Waals surface area contributed by atoms with Crippen LogP contribution in [0.15, 0.2) is 42.5 Å². The van der Waals surface area contributed by atoms with Crippen molar-refractivity contribution in [2.75, 3.05) is 26.2 Å². The van der Waals surface area contributed by atoms with Gasteiger partial charge in [-0.25, -0.2) is 4.79 Å². The van der Waals surface area contributed by atoms with Crippen molar-refractivity contribution in [2.24, 2.45) is 11.3 Å². The summed E-state index contributed by atoms with van der Waals surface area (Å²) in [6, 6.07) is 14.8. The van der Waals surface area contributed by atoms with E-state index >= 15 is 0 Å². The second kappa shape index (κ2) is 9.02. The molecule has 3 aliphatic heterocycles. The number of rotatable bonds is 5. The maximum atomic E-state index is 13.0. The number of nitrogens with zero attached hydrogens (tertiary/aromatic N) is 1. The molecule has 5 heteroatoms. The normalized spacial score (nSPS) is 27.5. The zero-order chi connectivity index (χ0) is 23.0. The lowest BCUT2D eigenvalue weighted by Crippen LogP contribution is -2.53. The molecular formula is C28H36N2O3. The van der Waals surface area contributed by atoms with Crippen molar-refractivity contribution in [3.63, 3.8) is 0 Å². The highest BCUT2D eigenvalue weighted by Crippen LogP contribution is 2.44. The molecule has 4 aliphatic rings. The van der Waals surface area contributed by atoms with Gasteiger partial charge in [0.15, 0.2) is 0 Å². The number of hydrogen-bond donors (Lipinski definition) is 1. The van der Waals surface area contributed by atoms with Crippen LogP contribution in [0.1, 0.15) is 57.2 Å². The first-order valence-corrected chi connectivity index (χ1v) is 12.5. The van der Waals surface area contributed by atoms with Crippen LogP contribution in [0.5, 0.6) is 5.75 Å². The first-order chi connectivity index (χ1) is 15.9. The Labute approximate surface area is 197 Å². The number of amides is 1. The number of hydrogen-bond acceptors (Lipinski definition) is 4. The molecule has 1 N–H and O–H groups in total. The number of piperidine rings is 3. The molecule has 1 amide bonds. The lowest BCUT2D eigenvalue weighted by atomic mass is 9.70. The van der Waals surface area contributed by atoms with Crippen molar-refractivity contribution in [3.8, 4) is 16.9 Å². The molecule has 0 radical (unpaired) electrons. The highest BCUT2D eigenvalue weighted by atomic mass is 16.6. The van der Waals surface area contributed by atoms with Gasteiger partial charge in [0.2, 0.25) is 0 Å². The van der Waals surface area contributed by atoms with E-state index in [0.717, 1.165) is 56.6 Å². The summed E-state index contributed by atoms with van der Waals surface area (Å²) in [6.45, 7) is 10.3. The van der Waals surface area contributed by atoms with E-state index in [0.29, 0.717) is 12.5 Å². The number of ether oxygens (including phenoxy) is 2. The van der Waals surface area contributed by atoms with E-state index in [-0.39, 0.29) is 23.7 Å². The molecule has 6 rings (SSSR count). The van der Waals surface area contributed by atoms with E-state index in [9.17, 15) is 4.79 Å². The summed E-state index contributed by atoms with van der Waals surface area (Å²) in [6.07, 6.45) is 4.07. The molecule has 0 saturated carbocycles. The molecule has 1 aliphatic carbocycles. The first-order valence-electron chi connectivity index (χ1n) is 12.5. The third-order valence-electron chi connectivity index (χ3n) is 7.87. The molecule has 3 heterocycles. The summed E-state index contributed by atoms with van der Waals surface area (Å²) in [5, 5.41) is 3.26. The molecule has 2 aromatic rings. The molecule has 0 unspecified atom stereocenters. The molecule has 2 bridgehead atoms. The average Bonchev–Trinajstić information content (AvgIpc) is 2.82. The van der Waals surface area contributed by atoms with Crippen LogP contribution in [-0.2, 0) is 11.2 Å². The number of carbonyl (C=O) groups excluding carboxylic acids is 1. The number of fused-ring (bicyclic) bond motifs is 4. The third kappa shape index (κ3) is 4.61. The summed E-state index contributed by atoms with van der Waals surface area (Å²) in [5.74, 6) is 1.41. The van der Waals surface area contributed by atoms with Gasteiger partial charge in [0.1, 0.15) is 11.9 Å². The first kappa shape index (κ1) is 22.3. The van der Waals surface area contributed by atoms with Crippen LogP contribution in [0.2, 0.25) is 0 Å². The van der Waals surface area contributed by atoms with Crippen LogP contribution in [0.4, 0.5) is 4.79 Å². The van der Waals surface area contributed by atoms with Crippen LogP contribution < -0.4 is 10.1 Å². The smallest absolute Gasteiger partial charge is 0.407 e. The fraction of sp³-hybridized carbons (Fsp3) is 0.536. The quantitative estimate of drug-likeness (QED) is 0.648. The Balaban J connectivity index is 1.34. The summed E-state index contributed by atoms with van der Waals surface area (Å²) < 4.78 is 11.6. The van der Waals surface area contributed by atoms with Crippen LogP contribution in [0, 0.1) is 11.3 Å². The van der Waals surface area contributed by atoms with Gasteiger partial charge >= 0.3 is 6.09 Å². The number of aryl methyl sites for hydroxylation is 1. The van der Waals surface area contributed by atoms with Crippen molar-refractivity contribution in [3.05, 3.63) is 53.6 Å². The molecule has 2 atom stereocenters. The summed E-state index contributed by atoms with van der Waals surface area (Å²) in [4.78, 5) is 15.4. The molecule has 176 valence electrons. The largest absolute Gasteiger partial charge is 0.494 e. The highest BCUT2D eigenvalue weighted by molar-refractivity contribution is 5.70. The number of alkyl carbamates (subject to hydrolysis) is 1. The average molecular weight is 449 g/mol. The van der Waals surface area contributed by atoms with E-state index in [1.54, 1.807) is 0 Å². The Hall–Kier alpha value is -2.53. The fourth-order valence-corrected chi connectivity index (χ4v) is 5.84. The van der Waals surface area contributed by atoms with Crippen molar-refractivity contribution in [2.45, 2.75) is 58.6 Å². The molecule has 33 heavy (non-hydrogen) atoms. The zero-order valence-electron chi connectivity index (χ0n) is 20.1. The lowest BCUT2D eigenvalue weighted by Gasteiger charge is -2.44. The van der Waals surface area contributed by atoms with Crippen molar-refractivity contribution < 1.29 is 14.3 Å². The lowest BCUT2D eigenvalue weighted by molar-refractivity contribution is -0.0353. The van der Waals surface area contributed by atoms with Crippen LogP contribution in [0.25, 0.3) is 11.1 Å². The highest BCUT2D eigenvalue weighted by Gasteiger charge is 2.40. The SMILES string of the molecule is CCOc1cccc(-c2ccc3c(c2)CCC(C)(C)[C@H]3NC(=O)O[C@H]2CN3CCC2CC3)c1. The van der Waals surface area contributed by atoms with Crippen molar-refractivity contribution in [1.82, 2.24) is 10.2 Å². The van der Waals surface area contributed by atoms with E-state index < -0.39 is 0 Å². The van der Waals surface area contributed by atoms with Crippen LogP contribution in [-0.4, -0.2) is 43.3 Å². The van der Waals surface area contributed by atoms with Gasteiger partial charge in [-0.15, -0.1) is 0 Å². The summed E-state index contributed by atoms with van der Waals surface area (Å²) in [7, 11) is 0. The van der Waals surface area contributed by atoms with Gasteiger partial charge < -0.3 is 14.8 Å². The Morgan fingerprint density at radius 2 is 1.91 bits per heavy atom. The van der Waals surface area contributed by atoms with Crippen LogP contribution in [0.3, 0.4) is 0 Å². The standard InChI is InChI=1S/C28H36N2O3/c1-4-32-23-7-5-6-20(17-23)21-8-9-24-22(16-21)10-13-28(2,3)26(24)29-27(31)33-25-18-30-14-11-19(25)12-15-30/h5-9,16-17,19,25-26H,4,10-15,18H2,1-3H3,(H,29,31)/t25-,26-/m0/s1. The predicted molar refractivity (Wildman–Crippen MR) is 130 cm³/mol. The number of nitrogens with one attached hydrogen (secondary N) is 1. The van der Waals surface area contributed by atoms with Crippen molar-refractivity contribution >= 4 is 6.09 Å². The van der Waals surface area contributed by atoms with Gasteiger partial charge in [-0.05, 0) is 91.4 Å². The third-order valence-corrected chi connectivity index (χ3v) is 7.87. The summed E-state index contributed by atoms with van der Waals surface area (Å²) >= 11 is 0. The van der Waals surface area contributed by atoms with Gasteiger partial charge in [0, 0.05) is 6.54 Å².